The van der Waals surface area contributed by atoms with Crippen molar-refractivity contribution in [2.24, 2.45) is 0 Å². The van der Waals surface area contributed by atoms with Gasteiger partial charge in [-0.25, -0.2) is 0 Å². The van der Waals surface area contributed by atoms with Crippen molar-refractivity contribution in [1.29, 1.82) is 0 Å². The lowest BCUT2D eigenvalue weighted by Crippen LogP contribution is -2.16. The molecule has 0 saturated heterocycles. The predicted octanol–water partition coefficient (Wildman–Crippen LogP) is 2.74. The van der Waals surface area contributed by atoms with Crippen LogP contribution in [-0.2, 0) is 0 Å². The van der Waals surface area contributed by atoms with Crippen molar-refractivity contribution in [1.82, 2.24) is 5.32 Å². The van der Waals surface area contributed by atoms with E-state index in [9.17, 15) is 4.79 Å². The van der Waals surface area contributed by atoms with Crippen molar-refractivity contribution in [2.75, 3.05) is 7.11 Å². The van der Waals surface area contributed by atoms with Crippen molar-refractivity contribution in [3.05, 3.63) is 42.1 Å². The molecule has 0 aliphatic heterocycles. The summed E-state index contributed by atoms with van der Waals surface area (Å²) in [4.78, 5) is 11.6. The van der Waals surface area contributed by atoms with Gasteiger partial charge in [-0.1, -0.05) is 19.4 Å². The Kier molecular flexibility index (Phi) is 5.12. The first-order chi connectivity index (χ1) is 7.77. The van der Waals surface area contributed by atoms with E-state index in [1.807, 2.05) is 6.08 Å². The summed E-state index contributed by atoms with van der Waals surface area (Å²) >= 11 is 0. The predicted molar refractivity (Wildman–Crippen MR) is 64.5 cm³/mol. The molecule has 16 heavy (non-hydrogen) atoms. The molecule has 0 atom stereocenters. The molecule has 0 saturated carbocycles. The third-order valence-electron chi connectivity index (χ3n) is 2.14. The zero-order valence-corrected chi connectivity index (χ0v) is 9.69. The highest BCUT2D eigenvalue weighted by molar-refractivity contribution is 5.94. The van der Waals surface area contributed by atoms with Crippen LogP contribution in [0.2, 0.25) is 0 Å². The molecule has 0 aliphatic rings. The number of hydrogen-bond acceptors (Lipinski definition) is 2. The van der Waals surface area contributed by atoms with Gasteiger partial charge < -0.3 is 10.1 Å². The smallest absolute Gasteiger partial charge is 0.255 e. The minimum atomic E-state index is -0.102. The average Bonchev–Trinajstić information content (AvgIpc) is 2.34. The molecule has 0 heterocycles. The quantitative estimate of drug-likeness (QED) is 0.827. The Morgan fingerprint density at radius 3 is 2.62 bits per heavy atom. The van der Waals surface area contributed by atoms with E-state index in [-0.39, 0.29) is 5.91 Å². The molecule has 1 amide bonds. The monoisotopic (exact) mass is 219 g/mol. The van der Waals surface area contributed by atoms with Gasteiger partial charge in [0.05, 0.1) is 7.11 Å². The number of carbonyl (C=O) groups excluding carboxylic acids is 1. The van der Waals surface area contributed by atoms with Gasteiger partial charge in [0.25, 0.3) is 5.91 Å². The van der Waals surface area contributed by atoms with E-state index in [2.05, 4.69) is 12.2 Å². The third-order valence-corrected chi connectivity index (χ3v) is 2.14. The lowest BCUT2D eigenvalue weighted by Gasteiger charge is -2.02. The maximum atomic E-state index is 11.6. The highest BCUT2D eigenvalue weighted by Gasteiger charge is 2.02. The van der Waals surface area contributed by atoms with Crippen LogP contribution in [0.25, 0.3) is 0 Å². The highest BCUT2D eigenvalue weighted by Crippen LogP contribution is 2.10. The van der Waals surface area contributed by atoms with Crippen LogP contribution in [0, 0.1) is 0 Å². The van der Waals surface area contributed by atoms with Gasteiger partial charge >= 0.3 is 0 Å². The van der Waals surface area contributed by atoms with Crippen LogP contribution in [0.5, 0.6) is 5.75 Å². The standard InChI is InChI=1S/C13H17NO2/c1-3-4-5-10-14-13(15)11-6-8-12(16-2)9-7-11/h5-10H,3-4H2,1-2H3,(H,14,15)/b10-5-. The maximum absolute atomic E-state index is 11.6. The van der Waals surface area contributed by atoms with E-state index in [4.69, 9.17) is 4.74 Å². The molecule has 0 bridgehead atoms. The van der Waals surface area contributed by atoms with Crippen LogP contribution >= 0.6 is 0 Å². The minimum Gasteiger partial charge on any atom is -0.497 e. The van der Waals surface area contributed by atoms with E-state index in [0.29, 0.717) is 5.56 Å². The van der Waals surface area contributed by atoms with Crippen LogP contribution in [0.3, 0.4) is 0 Å². The number of ether oxygens (including phenoxy) is 1. The fraction of sp³-hybridized carbons (Fsp3) is 0.308. The molecule has 0 aliphatic carbocycles. The second kappa shape index (κ2) is 6.67. The molecular formula is C13H17NO2. The van der Waals surface area contributed by atoms with E-state index in [0.717, 1.165) is 18.6 Å². The molecule has 1 N–H and O–H groups in total. The number of methoxy groups -OCH3 is 1. The zero-order valence-electron chi connectivity index (χ0n) is 9.69. The topological polar surface area (TPSA) is 38.3 Å². The number of rotatable bonds is 5. The summed E-state index contributed by atoms with van der Waals surface area (Å²) in [6, 6.07) is 7.01. The summed E-state index contributed by atoms with van der Waals surface area (Å²) in [6.45, 7) is 2.09. The second-order valence-electron chi connectivity index (χ2n) is 3.39. The lowest BCUT2D eigenvalue weighted by molar-refractivity contribution is 0.0970. The molecule has 0 fully saturated rings. The average molecular weight is 219 g/mol. The molecule has 0 radical (unpaired) electrons. The van der Waals surface area contributed by atoms with Gasteiger partial charge in [0.2, 0.25) is 0 Å². The summed E-state index contributed by atoms with van der Waals surface area (Å²) in [6.07, 6.45) is 5.69. The van der Waals surface area contributed by atoms with E-state index in [1.54, 1.807) is 37.6 Å². The Balaban J connectivity index is 2.52. The SMILES string of the molecule is CCC/C=C\NC(=O)c1ccc(OC)cc1. The van der Waals surface area contributed by atoms with Crippen molar-refractivity contribution < 1.29 is 9.53 Å². The number of amides is 1. The molecule has 3 heteroatoms. The summed E-state index contributed by atoms with van der Waals surface area (Å²) in [5.74, 6) is 0.646. The van der Waals surface area contributed by atoms with E-state index < -0.39 is 0 Å². The lowest BCUT2D eigenvalue weighted by atomic mass is 10.2. The number of carbonyl (C=O) groups is 1. The summed E-state index contributed by atoms with van der Waals surface area (Å²) in [5.41, 5.74) is 0.627. The Morgan fingerprint density at radius 2 is 2.06 bits per heavy atom. The molecule has 86 valence electrons. The van der Waals surface area contributed by atoms with Crippen molar-refractivity contribution in [3.8, 4) is 5.75 Å². The van der Waals surface area contributed by atoms with Gasteiger partial charge in [0.1, 0.15) is 5.75 Å². The van der Waals surface area contributed by atoms with Gasteiger partial charge in [0, 0.05) is 11.8 Å². The van der Waals surface area contributed by atoms with Crippen LogP contribution in [0.1, 0.15) is 30.1 Å². The Morgan fingerprint density at radius 1 is 1.38 bits per heavy atom. The van der Waals surface area contributed by atoms with Gasteiger partial charge in [-0.2, -0.15) is 0 Å². The van der Waals surface area contributed by atoms with Crippen molar-refractivity contribution >= 4 is 5.91 Å². The highest BCUT2D eigenvalue weighted by atomic mass is 16.5. The van der Waals surface area contributed by atoms with Gasteiger partial charge in [0.15, 0.2) is 0 Å². The first-order valence-corrected chi connectivity index (χ1v) is 5.38. The number of benzene rings is 1. The summed E-state index contributed by atoms with van der Waals surface area (Å²) < 4.78 is 5.02. The Hall–Kier alpha value is -1.77. The molecular weight excluding hydrogens is 202 g/mol. The largest absolute Gasteiger partial charge is 0.497 e. The first-order valence-electron chi connectivity index (χ1n) is 5.38. The van der Waals surface area contributed by atoms with Gasteiger partial charge in [-0.3, -0.25) is 4.79 Å². The van der Waals surface area contributed by atoms with Crippen LogP contribution in [-0.4, -0.2) is 13.0 Å². The second-order valence-corrected chi connectivity index (χ2v) is 3.39. The molecule has 0 unspecified atom stereocenters. The van der Waals surface area contributed by atoms with Crippen molar-refractivity contribution in [3.63, 3.8) is 0 Å². The molecule has 3 nitrogen and oxygen atoms in total. The normalized spacial score (nSPS) is 10.4. The number of allylic oxidation sites excluding steroid dienone is 1. The third kappa shape index (κ3) is 3.77. The fourth-order valence-corrected chi connectivity index (χ4v) is 1.21. The van der Waals surface area contributed by atoms with Gasteiger partial charge in [-0.05, 0) is 30.7 Å². The number of hydrogen-bond donors (Lipinski definition) is 1. The molecule has 1 aromatic rings. The van der Waals surface area contributed by atoms with Crippen LogP contribution < -0.4 is 10.1 Å². The molecule has 1 rings (SSSR count). The molecule has 1 aromatic carbocycles. The summed E-state index contributed by atoms with van der Waals surface area (Å²) in [5, 5.41) is 2.71. The minimum absolute atomic E-state index is 0.102. The zero-order chi connectivity index (χ0) is 11.8. The van der Waals surface area contributed by atoms with E-state index >= 15 is 0 Å². The van der Waals surface area contributed by atoms with Crippen LogP contribution in [0.15, 0.2) is 36.5 Å². The van der Waals surface area contributed by atoms with Crippen molar-refractivity contribution in [2.45, 2.75) is 19.8 Å². The van der Waals surface area contributed by atoms with Crippen LogP contribution in [0.4, 0.5) is 0 Å². The molecule has 0 aromatic heterocycles. The number of unbranched alkanes of at least 4 members (excludes halogenated alkanes) is 1. The fourth-order valence-electron chi connectivity index (χ4n) is 1.21. The number of nitrogens with one attached hydrogen (secondary N) is 1. The first kappa shape index (κ1) is 12.3. The summed E-state index contributed by atoms with van der Waals surface area (Å²) in [7, 11) is 1.60. The molecule has 0 spiro atoms. The van der Waals surface area contributed by atoms with Gasteiger partial charge in [-0.15, -0.1) is 0 Å². The van der Waals surface area contributed by atoms with E-state index in [1.165, 1.54) is 0 Å². The Bertz CT molecular complexity index is 355. The Labute approximate surface area is 96.1 Å². The maximum Gasteiger partial charge on any atom is 0.255 e.